The van der Waals surface area contributed by atoms with E-state index in [0.29, 0.717) is 5.82 Å². The molecule has 78 valence electrons. The Hall–Kier alpha value is -0.760. The highest BCUT2D eigenvalue weighted by molar-refractivity contribution is 14.1. The molecule has 6 heteroatoms. The summed E-state index contributed by atoms with van der Waals surface area (Å²) in [5, 5.41) is 5.89. The fourth-order valence-electron chi connectivity index (χ4n) is 1.10. The first-order valence-corrected chi connectivity index (χ1v) is 6.29. The lowest BCUT2D eigenvalue weighted by Gasteiger charge is -2.02. The van der Waals surface area contributed by atoms with Gasteiger partial charge in [0, 0.05) is 24.3 Å². The first kappa shape index (κ1) is 10.7. The number of aromatic nitrogens is 3. The van der Waals surface area contributed by atoms with Crippen molar-refractivity contribution in [3.05, 3.63) is 20.8 Å². The van der Waals surface area contributed by atoms with Crippen molar-refractivity contribution in [3.8, 4) is 10.8 Å². The van der Waals surface area contributed by atoms with Crippen LogP contribution in [0.25, 0.3) is 10.8 Å². The van der Waals surface area contributed by atoms with Crippen LogP contribution in [0.5, 0.6) is 0 Å². The molecule has 0 unspecified atom stereocenters. The fraction of sp³-hybridized carbons (Fsp3) is 0.222. The van der Waals surface area contributed by atoms with E-state index >= 15 is 0 Å². The van der Waals surface area contributed by atoms with Crippen molar-refractivity contribution < 1.29 is 0 Å². The van der Waals surface area contributed by atoms with Crippen molar-refractivity contribution in [2.24, 2.45) is 0 Å². The summed E-state index contributed by atoms with van der Waals surface area (Å²) in [6.45, 7) is 1.96. The number of anilines is 1. The van der Waals surface area contributed by atoms with Gasteiger partial charge in [0.1, 0.15) is 5.82 Å². The summed E-state index contributed by atoms with van der Waals surface area (Å²) in [5.74, 6) is 1.52. The van der Waals surface area contributed by atoms with E-state index in [1.165, 1.54) is 0 Å². The maximum absolute atomic E-state index is 4.39. The van der Waals surface area contributed by atoms with Crippen molar-refractivity contribution >= 4 is 39.7 Å². The molecule has 0 spiro atoms. The molecule has 0 atom stereocenters. The molecule has 0 saturated heterocycles. The van der Waals surface area contributed by atoms with Crippen LogP contribution in [0.1, 0.15) is 5.69 Å². The molecular weight excluding hydrogens is 323 g/mol. The Kier molecular flexibility index (Phi) is 3.15. The highest BCUT2D eigenvalue weighted by Gasteiger charge is 2.08. The van der Waals surface area contributed by atoms with E-state index in [0.717, 1.165) is 20.1 Å². The molecule has 2 aromatic rings. The second kappa shape index (κ2) is 4.40. The summed E-state index contributed by atoms with van der Waals surface area (Å²) in [6.07, 6.45) is 1.80. The number of aryl methyl sites for hydroxylation is 1. The Morgan fingerprint density at radius 2 is 2.20 bits per heavy atom. The van der Waals surface area contributed by atoms with Gasteiger partial charge in [-0.1, -0.05) is 0 Å². The minimum atomic E-state index is 0.679. The van der Waals surface area contributed by atoms with Gasteiger partial charge < -0.3 is 5.32 Å². The third-order valence-corrected chi connectivity index (χ3v) is 3.54. The Balaban J connectivity index is 2.45. The number of rotatable bonds is 2. The van der Waals surface area contributed by atoms with Gasteiger partial charge in [0.25, 0.3) is 0 Å². The van der Waals surface area contributed by atoms with Gasteiger partial charge in [-0.25, -0.2) is 15.0 Å². The third kappa shape index (κ3) is 2.25. The van der Waals surface area contributed by atoms with Gasteiger partial charge in [0.2, 0.25) is 0 Å². The lowest BCUT2D eigenvalue weighted by molar-refractivity contribution is 1.13. The summed E-state index contributed by atoms with van der Waals surface area (Å²) in [7, 11) is 1.85. The van der Waals surface area contributed by atoms with E-state index < -0.39 is 0 Å². The molecule has 0 amide bonds. The standard InChI is InChI=1S/C9H9IN4S/c1-5-4-15-9(13-5)8-12-3-6(10)7(11-2)14-8/h3-4H,1-2H3,(H,11,12,14). The molecule has 0 aromatic carbocycles. The zero-order valence-electron chi connectivity index (χ0n) is 8.28. The maximum atomic E-state index is 4.39. The van der Waals surface area contributed by atoms with Crippen molar-refractivity contribution in [1.82, 2.24) is 15.0 Å². The van der Waals surface area contributed by atoms with Gasteiger partial charge in [-0.3, -0.25) is 0 Å². The third-order valence-electron chi connectivity index (χ3n) is 1.79. The van der Waals surface area contributed by atoms with Crippen molar-refractivity contribution in [1.29, 1.82) is 0 Å². The molecule has 15 heavy (non-hydrogen) atoms. The number of nitrogens with one attached hydrogen (secondary N) is 1. The van der Waals surface area contributed by atoms with Gasteiger partial charge in [-0.05, 0) is 29.5 Å². The normalized spacial score (nSPS) is 10.3. The van der Waals surface area contributed by atoms with Crippen LogP contribution in [-0.4, -0.2) is 22.0 Å². The van der Waals surface area contributed by atoms with E-state index in [1.807, 2.05) is 19.4 Å². The molecule has 0 radical (unpaired) electrons. The summed E-state index contributed by atoms with van der Waals surface area (Å²) >= 11 is 3.76. The molecule has 0 aliphatic heterocycles. The minimum Gasteiger partial charge on any atom is -0.372 e. The van der Waals surface area contributed by atoms with Gasteiger partial charge >= 0.3 is 0 Å². The molecule has 0 bridgehead atoms. The number of hydrogen-bond donors (Lipinski definition) is 1. The second-order valence-electron chi connectivity index (χ2n) is 2.93. The SMILES string of the molecule is CNc1nc(-c2nc(C)cs2)ncc1I. The second-order valence-corrected chi connectivity index (χ2v) is 4.95. The fourth-order valence-corrected chi connectivity index (χ4v) is 2.37. The van der Waals surface area contributed by atoms with Crippen molar-refractivity contribution in [2.45, 2.75) is 6.92 Å². The zero-order chi connectivity index (χ0) is 10.8. The Bertz CT molecular complexity index is 483. The van der Waals surface area contributed by atoms with Crippen LogP contribution in [0.4, 0.5) is 5.82 Å². The van der Waals surface area contributed by atoms with Gasteiger partial charge in [0.05, 0.1) is 3.57 Å². The topological polar surface area (TPSA) is 50.7 Å². The van der Waals surface area contributed by atoms with Crippen molar-refractivity contribution in [2.75, 3.05) is 12.4 Å². The molecule has 0 saturated carbocycles. The van der Waals surface area contributed by atoms with Crippen LogP contribution in [0.3, 0.4) is 0 Å². The predicted octanol–water partition coefficient (Wildman–Crippen LogP) is 2.55. The summed E-state index contributed by atoms with van der Waals surface area (Å²) in [6, 6.07) is 0. The van der Waals surface area contributed by atoms with Crippen LogP contribution in [-0.2, 0) is 0 Å². The number of nitrogens with zero attached hydrogens (tertiary/aromatic N) is 3. The summed E-state index contributed by atoms with van der Waals surface area (Å²) < 4.78 is 1.01. The van der Waals surface area contributed by atoms with E-state index in [4.69, 9.17) is 0 Å². The van der Waals surface area contributed by atoms with E-state index in [9.17, 15) is 0 Å². The monoisotopic (exact) mass is 332 g/mol. The Labute approximate surface area is 105 Å². The van der Waals surface area contributed by atoms with E-state index in [-0.39, 0.29) is 0 Å². The van der Waals surface area contributed by atoms with Crippen LogP contribution in [0.2, 0.25) is 0 Å². The maximum Gasteiger partial charge on any atom is 0.190 e. The molecule has 0 aliphatic rings. The number of thiazole rings is 1. The minimum absolute atomic E-state index is 0.679. The number of halogens is 1. The van der Waals surface area contributed by atoms with Gasteiger partial charge in [0.15, 0.2) is 10.8 Å². The van der Waals surface area contributed by atoms with Crippen LogP contribution >= 0.6 is 33.9 Å². The van der Waals surface area contributed by atoms with Crippen LogP contribution in [0.15, 0.2) is 11.6 Å². The lowest BCUT2D eigenvalue weighted by atomic mass is 10.5. The molecule has 2 rings (SSSR count). The molecule has 0 aliphatic carbocycles. The highest BCUT2D eigenvalue weighted by Crippen LogP contribution is 2.22. The molecular formula is C9H9IN4S. The zero-order valence-corrected chi connectivity index (χ0v) is 11.3. The number of hydrogen-bond acceptors (Lipinski definition) is 5. The molecule has 4 nitrogen and oxygen atoms in total. The Morgan fingerprint density at radius 1 is 1.40 bits per heavy atom. The Morgan fingerprint density at radius 3 is 2.80 bits per heavy atom. The molecule has 2 aromatic heterocycles. The predicted molar refractivity (Wildman–Crippen MR) is 70.1 cm³/mol. The first-order chi connectivity index (χ1) is 7.20. The van der Waals surface area contributed by atoms with Gasteiger partial charge in [-0.15, -0.1) is 11.3 Å². The summed E-state index contributed by atoms with van der Waals surface area (Å²) in [5.41, 5.74) is 1.00. The van der Waals surface area contributed by atoms with Crippen LogP contribution < -0.4 is 5.32 Å². The largest absolute Gasteiger partial charge is 0.372 e. The first-order valence-electron chi connectivity index (χ1n) is 4.33. The average molecular weight is 332 g/mol. The summed E-state index contributed by atoms with van der Waals surface area (Å²) in [4.78, 5) is 13.0. The smallest absolute Gasteiger partial charge is 0.190 e. The molecule has 2 heterocycles. The highest BCUT2D eigenvalue weighted by atomic mass is 127. The lowest BCUT2D eigenvalue weighted by Crippen LogP contribution is -1.99. The van der Waals surface area contributed by atoms with Gasteiger partial charge in [-0.2, -0.15) is 0 Å². The quantitative estimate of drug-likeness (QED) is 0.859. The molecule has 1 N–H and O–H groups in total. The average Bonchev–Trinajstić information content (AvgIpc) is 2.66. The van der Waals surface area contributed by atoms with Crippen LogP contribution in [0, 0.1) is 10.5 Å². The molecule has 0 fully saturated rings. The van der Waals surface area contributed by atoms with E-state index in [2.05, 4.69) is 42.9 Å². The van der Waals surface area contributed by atoms with Crippen molar-refractivity contribution in [3.63, 3.8) is 0 Å². The van der Waals surface area contributed by atoms with E-state index in [1.54, 1.807) is 17.5 Å².